The van der Waals surface area contributed by atoms with E-state index >= 15 is 0 Å². The Morgan fingerprint density at radius 1 is 1.12 bits per heavy atom. The van der Waals surface area contributed by atoms with Gasteiger partial charge in [-0.15, -0.1) is 0 Å². The summed E-state index contributed by atoms with van der Waals surface area (Å²) in [5.74, 6) is -0.515. The van der Waals surface area contributed by atoms with Gasteiger partial charge in [0.2, 0.25) is 5.60 Å². The van der Waals surface area contributed by atoms with E-state index in [-0.39, 0.29) is 17.9 Å². The quantitative estimate of drug-likeness (QED) is 0.394. The Morgan fingerprint density at radius 2 is 1.76 bits per heavy atom. The molecule has 1 atom stereocenters. The fourth-order valence-electron chi connectivity index (χ4n) is 5.01. The molecule has 3 aliphatic rings. The monoisotopic (exact) mass is 485 g/mol. The summed E-state index contributed by atoms with van der Waals surface area (Å²) < 4.78 is 6.59. The van der Waals surface area contributed by atoms with Gasteiger partial charge in [0.1, 0.15) is 12.9 Å². The lowest BCUT2D eigenvalue weighted by molar-refractivity contribution is -0.939. The molecule has 2 bridgehead atoms. The second-order valence-electron chi connectivity index (χ2n) is 8.82. The van der Waals surface area contributed by atoms with E-state index in [4.69, 9.17) is 4.74 Å². The summed E-state index contributed by atoms with van der Waals surface area (Å²) in [6.07, 6.45) is 5.97. The first kappa shape index (κ1) is 22.1. The second kappa shape index (κ2) is 8.94. The molecule has 3 aromatic rings. The van der Waals surface area contributed by atoms with Crippen LogP contribution in [0.15, 0.2) is 52.4 Å². The molecule has 0 aliphatic carbocycles. The zero-order valence-corrected chi connectivity index (χ0v) is 19.6. The van der Waals surface area contributed by atoms with E-state index in [1.807, 2.05) is 10.8 Å². The number of aliphatic hydroxyl groups is 1. The lowest BCUT2D eigenvalue weighted by atomic mass is 9.82. The molecule has 0 aromatic carbocycles. The molecule has 1 amide bonds. The number of anilines is 1. The number of carbonyl (C=O) groups is 2. The number of nitrogens with one attached hydrogen (secondary N) is 1. The highest BCUT2D eigenvalue weighted by Crippen LogP contribution is 2.39. The molecule has 172 valence electrons. The van der Waals surface area contributed by atoms with Crippen LogP contribution >= 0.6 is 22.7 Å². The van der Waals surface area contributed by atoms with Gasteiger partial charge in [0, 0.05) is 29.9 Å². The average molecular weight is 486 g/mol. The Kier molecular flexibility index (Phi) is 6.00. The van der Waals surface area contributed by atoms with E-state index in [0.717, 1.165) is 25.9 Å². The van der Waals surface area contributed by atoms with E-state index in [1.54, 1.807) is 35.3 Å². The van der Waals surface area contributed by atoms with Crippen molar-refractivity contribution in [2.24, 2.45) is 5.92 Å². The summed E-state index contributed by atoms with van der Waals surface area (Å²) in [6.45, 7) is 2.61. The van der Waals surface area contributed by atoms with Gasteiger partial charge in [-0.25, -0.2) is 14.8 Å². The van der Waals surface area contributed by atoms with Crippen molar-refractivity contribution in [2.45, 2.75) is 24.5 Å². The van der Waals surface area contributed by atoms with Crippen LogP contribution in [0.4, 0.5) is 5.69 Å². The topological polar surface area (TPSA) is 101 Å². The van der Waals surface area contributed by atoms with Crippen molar-refractivity contribution in [3.05, 3.63) is 63.5 Å². The molecule has 0 unspecified atom stereocenters. The molecule has 2 N–H and O–H groups in total. The summed E-state index contributed by atoms with van der Waals surface area (Å²) >= 11 is 2.85. The summed E-state index contributed by atoms with van der Waals surface area (Å²) in [5.41, 5.74) is -0.232. The molecular weight excluding hydrogens is 460 g/mol. The molecule has 3 fully saturated rings. The Labute approximate surface area is 199 Å². The normalized spacial score (nSPS) is 24.4. The first-order chi connectivity index (χ1) is 16.0. The van der Waals surface area contributed by atoms with Gasteiger partial charge in [-0.05, 0) is 33.7 Å². The number of hydrogen-bond acceptors (Lipinski definition) is 8. The lowest BCUT2D eigenvalue weighted by Gasteiger charge is -2.51. The van der Waals surface area contributed by atoms with Crippen LogP contribution in [0, 0.1) is 5.92 Å². The number of aromatic nitrogens is 2. The fraction of sp³-hybridized carbons (Fsp3) is 0.391. The van der Waals surface area contributed by atoms with E-state index in [0.29, 0.717) is 34.4 Å². The number of hydrogen-bond donors (Lipinski definition) is 2. The van der Waals surface area contributed by atoms with Crippen molar-refractivity contribution in [1.82, 2.24) is 9.97 Å². The third-order valence-electron chi connectivity index (χ3n) is 6.80. The van der Waals surface area contributed by atoms with Gasteiger partial charge in [-0.3, -0.25) is 4.79 Å². The van der Waals surface area contributed by atoms with Gasteiger partial charge in [-0.1, -0.05) is 0 Å². The molecule has 3 aliphatic heterocycles. The van der Waals surface area contributed by atoms with Crippen LogP contribution in [-0.4, -0.2) is 63.7 Å². The Balaban J connectivity index is 1.31. The number of carbonyl (C=O) groups excluding carboxylic acids is 2. The van der Waals surface area contributed by atoms with E-state index < -0.39 is 11.6 Å². The highest BCUT2D eigenvalue weighted by Gasteiger charge is 2.51. The minimum Gasteiger partial charge on any atom is -0.453 e. The summed E-state index contributed by atoms with van der Waals surface area (Å²) in [7, 11) is 0. The number of piperidine rings is 3. The van der Waals surface area contributed by atoms with Crippen LogP contribution < -0.4 is 5.32 Å². The number of nitrogens with zero attached hydrogens (tertiary/aromatic N) is 3. The molecule has 10 heteroatoms. The highest BCUT2D eigenvalue weighted by atomic mass is 32.1. The molecule has 0 saturated carbocycles. The summed E-state index contributed by atoms with van der Waals surface area (Å²) in [5, 5.41) is 21.6. The third-order valence-corrected chi connectivity index (χ3v) is 8.16. The van der Waals surface area contributed by atoms with Gasteiger partial charge >= 0.3 is 5.97 Å². The van der Waals surface area contributed by atoms with Crippen LogP contribution in [-0.2, 0) is 19.9 Å². The minimum absolute atomic E-state index is 0.108. The number of rotatable bonds is 7. The SMILES string of the molecule is O=C(C[N+]12CCC(CC1)[C@@H](OC(=O)C(O)(c1ccsc1)c1ccsc1)C2)Nc1cncnc1. The van der Waals surface area contributed by atoms with Gasteiger partial charge in [0.15, 0.2) is 12.6 Å². The number of esters is 1. The van der Waals surface area contributed by atoms with Gasteiger partial charge < -0.3 is 19.6 Å². The average Bonchev–Trinajstić information content (AvgIpc) is 3.54. The molecule has 3 saturated heterocycles. The zero-order valence-electron chi connectivity index (χ0n) is 17.9. The van der Waals surface area contributed by atoms with Crippen LogP contribution in [0.25, 0.3) is 0 Å². The van der Waals surface area contributed by atoms with Crippen LogP contribution in [0.2, 0.25) is 0 Å². The summed E-state index contributed by atoms with van der Waals surface area (Å²) in [6, 6.07) is 3.51. The molecular formula is C23H25N4O4S2+. The van der Waals surface area contributed by atoms with E-state index in [2.05, 4.69) is 15.3 Å². The van der Waals surface area contributed by atoms with Crippen molar-refractivity contribution < 1.29 is 23.9 Å². The molecule has 6 heterocycles. The maximum absolute atomic E-state index is 13.4. The lowest BCUT2D eigenvalue weighted by Crippen LogP contribution is -2.66. The maximum Gasteiger partial charge on any atom is 0.348 e. The molecule has 0 radical (unpaired) electrons. The summed E-state index contributed by atoms with van der Waals surface area (Å²) in [4.78, 5) is 34.0. The van der Waals surface area contributed by atoms with Crippen molar-refractivity contribution in [2.75, 3.05) is 31.5 Å². The highest BCUT2D eigenvalue weighted by molar-refractivity contribution is 7.08. The van der Waals surface area contributed by atoms with Gasteiger partial charge in [0.25, 0.3) is 5.91 Å². The second-order valence-corrected chi connectivity index (χ2v) is 10.4. The molecule has 3 aromatic heterocycles. The van der Waals surface area contributed by atoms with Crippen molar-refractivity contribution >= 4 is 40.2 Å². The molecule has 8 nitrogen and oxygen atoms in total. The van der Waals surface area contributed by atoms with Crippen molar-refractivity contribution in [3.8, 4) is 0 Å². The maximum atomic E-state index is 13.4. The Morgan fingerprint density at radius 3 is 2.33 bits per heavy atom. The van der Waals surface area contributed by atoms with E-state index in [9.17, 15) is 14.7 Å². The van der Waals surface area contributed by atoms with Gasteiger partial charge in [-0.2, -0.15) is 22.7 Å². The van der Waals surface area contributed by atoms with Crippen molar-refractivity contribution in [1.29, 1.82) is 0 Å². The third kappa shape index (κ3) is 4.31. The predicted molar refractivity (Wildman–Crippen MR) is 125 cm³/mol. The number of thiophene rings is 2. The fourth-order valence-corrected chi connectivity index (χ4v) is 6.41. The van der Waals surface area contributed by atoms with Crippen LogP contribution in [0.3, 0.4) is 0 Å². The van der Waals surface area contributed by atoms with Crippen LogP contribution in [0.1, 0.15) is 24.0 Å². The Bertz CT molecular complexity index is 1060. The van der Waals surface area contributed by atoms with Crippen LogP contribution in [0.5, 0.6) is 0 Å². The molecule has 0 spiro atoms. The number of amides is 1. The smallest absolute Gasteiger partial charge is 0.348 e. The minimum atomic E-state index is -1.83. The first-order valence-electron chi connectivity index (χ1n) is 10.9. The van der Waals surface area contributed by atoms with E-state index in [1.165, 1.54) is 29.0 Å². The largest absolute Gasteiger partial charge is 0.453 e. The zero-order chi connectivity index (χ0) is 22.9. The number of ether oxygens (including phenoxy) is 1. The predicted octanol–water partition coefficient (Wildman–Crippen LogP) is 2.63. The Hall–Kier alpha value is -2.66. The number of quaternary nitrogens is 1. The molecule has 6 rings (SSSR count). The van der Waals surface area contributed by atoms with Crippen molar-refractivity contribution in [3.63, 3.8) is 0 Å². The first-order valence-corrected chi connectivity index (χ1v) is 12.8. The number of fused-ring (bicyclic) bond motifs is 3. The van der Waals surface area contributed by atoms with Gasteiger partial charge in [0.05, 0.1) is 31.2 Å². The standard InChI is InChI=1S/C23H24N4O4S2/c28-21(26-19-9-24-15-25-10-19)12-27-5-1-16(2-6-27)20(11-27)31-22(29)23(30,17-3-7-32-13-17)18-4-8-33-14-18/h3-4,7-10,13-16,20,30H,1-2,5-6,11-12H2/p+1/t16?,20-,27?/m0/s1. The molecule has 33 heavy (non-hydrogen) atoms.